The smallest absolute Gasteiger partial charge is 0.190 e. The van der Waals surface area contributed by atoms with Crippen LogP contribution < -0.4 is 0 Å². The van der Waals surface area contributed by atoms with Crippen LogP contribution in [0.15, 0.2) is 121 Å². The standard InChI is InChI=1S/C41H48O7/c1-42-41(25-15-6-16-26-41)48-40-39(46-30-35-23-13-5-14-24-35)38(45-29-34-21-11-4-12-22-34)37(44-28-33-19-9-3-10-20-33)36(47-40)31-43-27-32-17-7-2-8-18-32/h2-5,7-14,17-24,36-40H,6,15-16,25-31H2,1H3/t36-,37-,38+,39-,40-/m1/s1. The van der Waals surface area contributed by atoms with Gasteiger partial charge in [0.05, 0.1) is 33.0 Å². The van der Waals surface area contributed by atoms with Gasteiger partial charge in [0.1, 0.15) is 24.4 Å². The normalized spacial score (nSPS) is 23.9. The molecule has 6 rings (SSSR count). The Labute approximate surface area is 285 Å². The Morgan fingerprint density at radius 3 is 1.46 bits per heavy atom. The average Bonchev–Trinajstić information content (AvgIpc) is 3.15. The van der Waals surface area contributed by atoms with Crippen LogP contribution in [0.25, 0.3) is 0 Å². The maximum atomic E-state index is 6.90. The molecule has 0 spiro atoms. The number of hydrogen-bond acceptors (Lipinski definition) is 7. The highest BCUT2D eigenvalue weighted by molar-refractivity contribution is 5.16. The summed E-state index contributed by atoms with van der Waals surface area (Å²) in [6.45, 7) is 1.85. The molecule has 254 valence electrons. The topological polar surface area (TPSA) is 64.6 Å². The van der Waals surface area contributed by atoms with Crippen LogP contribution in [0, 0.1) is 0 Å². The van der Waals surface area contributed by atoms with E-state index in [-0.39, 0.29) is 6.61 Å². The molecule has 1 heterocycles. The van der Waals surface area contributed by atoms with Gasteiger partial charge in [0, 0.05) is 20.0 Å². The molecule has 0 aromatic heterocycles. The van der Waals surface area contributed by atoms with Gasteiger partial charge < -0.3 is 33.2 Å². The maximum absolute atomic E-state index is 6.90. The highest BCUT2D eigenvalue weighted by Gasteiger charge is 2.51. The Balaban J connectivity index is 1.32. The first-order valence-corrected chi connectivity index (χ1v) is 17.2. The summed E-state index contributed by atoms with van der Waals surface area (Å²) in [4.78, 5) is 0. The van der Waals surface area contributed by atoms with Gasteiger partial charge in [0.25, 0.3) is 0 Å². The summed E-state index contributed by atoms with van der Waals surface area (Å²) < 4.78 is 46.6. The highest BCUT2D eigenvalue weighted by Crippen LogP contribution is 2.38. The van der Waals surface area contributed by atoms with E-state index in [4.69, 9.17) is 33.2 Å². The fourth-order valence-electron chi connectivity index (χ4n) is 6.51. The van der Waals surface area contributed by atoms with Gasteiger partial charge in [0.15, 0.2) is 12.1 Å². The van der Waals surface area contributed by atoms with E-state index in [1.807, 2.05) is 72.8 Å². The van der Waals surface area contributed by atoms with Crippen LogP contribution in [0.3, 0.4) is 0 Å². The molecule has 1 saturated heterocycles. The van der Waals surface area contributed by atoms with Crippen molar-refractivity contribution in [2.75, 3.05) is 13.7 Å². The molecule has 7 heteroatoms. The lowest BCUT2D eigenvalue weighted by molar-refractivity contribution is -0.384. The van der Waals surface area contributed by atoms with Crippen LogP contribution in [0.1, 0.15) is 54.4 Å². The van der Waals surface area contributed by atoms with Gasteiger partial charge in [-0.25, -0.2) is 0 Å². The second-order valence-electron chi connectivity index (χ2n) is 12.6. The van der Waals surface area contributed by atoms with Crippen LogP contribution in [-0.2, 0) is 59.6 Å². The number of methoxy groups -OCH3 is 1. The minimum atomic E-state index is -0.783. The predicted molar refractivity (Wildman–Crippen MR) is 184 cm³/mol. The van der Waals surface area contributed by atoms with E-state index in [1.165, 1.54) is 0 Å². The lowest BCUT2D eigenvalue weighted by Crippen LogP contribution is -2.63. The Kier molecular flexibility index (Phi) is 12.8. The second kappa shape index (κ2) is 17.8. The molecule has 0 amide bonds. The molecular weight excluding hydrogens is 604 g/mol. The van der Waals surface area contributed by atoms with Gasteiger partial charge in [-0.2, -0.15) is 0 Å². The Morgan fingerprint density at radius 1 is 0.542 bits per heavy atom. The molecule has 0 radical (unpaired) electrons. The maximum Gasteiger partial charge on any atom is 0.190 e. The Bertz CT molecular complexity index is 1450. The Morgan fingerprint density at radius 2 is 0.979 bits per heavy atom. The molecule has 0 N–H and O–H groups in total. The minimum absolute atomic E-state index is 0.283. The molecule has 2 aliphatic rings. The third-order valence-corrected chi connectivity index (χ3v) is 9.16. The summed E-state index contributed by atoms with van der Waals surface area (Å²) >= 11 is 0. The number of hydrogen-bond donors (Lipinski definition) is 0. The zero-order chi connectivity index (χ0) is 32.9. The largest absolute Gasteiger partial charge is 0.374 e. The van der Waals surface area contributed by atoms with E-state index in [2.05, 4.69) is 48.5 Å². The summed E-state index contributed by atoms with van der Waals surface area (Å²) in [6, 6.07) is 40.6. The molecule has 4 aromatic carbocycles. The van der Waals surface area contributed by atoms with Gasteiger partial charge in [-0.3, -0.25) is 0 Å². The molecule has 1 saturated carbocycles. The SMILES string of the molecule is COC1(O[C@H]2O[C@H](COCc3ccccc3)[C@@H](OCc3ccccc3)[C@H](OCc3ccccc3)[C@H]2OCc2ccccc2)CCCCC1. The van der Waals surface area contributed by atoms with Crippen molar-refractivity contribution in [3.05, 3.63) is 144 Å². The third kappa shape index (κ3) is 9.61. The van der Waals surface area contributed by atoms with Crippen molar-refractivity contribution in [2.24, 2.45) is 0 Å². The average molecular weight is 653 g/mol. The zero-order valence-corrected chi connectivity index (χ0v) is 27.9. The minimum Gasteiger partial charge on any atom is -0.374 e. The molecule has 7 nitrogen and oxygen atoms in total. The van der Waals surface area contributed by atoms with E-state index in [0.717, 1.165) is 54.4 Å². The molecular formula is C41H48O7. The van der Waals surface area contributed by atoms with E-state index in [0.29, 0.717) is 26.4 Å². The predicted octanol–water partition coefficient (Wildman–Crippen LogP) is 8.01. The van der Waals surface area contributed by atoms with E-state index < -0.39 is 36.5 Å². The van der Waals surface area contributed by atoms with Crippen LogP contribution in [0.5, 0.6) is 0 Å². The zero-order valence-electron chi connectivity index (χ0n) is 27.9. The van der Waals surface area contributed by atoms with Crippen LogP contribution >= 0.6 is 0 Å². The van der Waals surface area contributed by atoms with Crippen molar-refractivity contribution in [3.8, 4) is 0 Å². The van der Waals surface area contributed by atoms with Gasteiger partial charge in [-0.1, -0.05) is 128 Å². The molecule has 48 heavy (non-hydrogen) atoms. The van der Waals surface area contributed by atoms with Gasteiger partial charge >= 0.3 is 0 Å². The fraction of sp³-hybridized carbons (Fsp3) is 0.415. The number of benzene rings is 4. The van der Waals surface area contributed by atoms with Gasteiger partial charge in [0.2, 0.25) is 0 Å². The molecule has 4 aromatic rings. The van der Waals surface area contributed by atoms with E-state index in [1.54, 1.807) is 7.11 Å². The Hall–Kier alpha value is -3.40. The first-order valence-electron chi connectivity index (χ1n) is 17.2. The number of rotatable bonds is 16. The van der Waals surface area contributed by atoms with Crippen molar-refractivity contribution < 1.29 is 33.2 Å². The molecule has 2 fully saturated rings. The van der Waals surface area contributed by atoms with Gasteiger partial charge in [-0.15, -0.1) is 0 Å². The van der Waals surface area contributed by atoms with E-state index in [9.17, 15) is 0 Å². The molecule has 1 aliphatic carbocycles. The molecule has 5 atom stereocenters. The summed E-state index contributed by atoms with van der Waals surface area (Å²) in [5.74, 6) is -0.769. The first-order chi connectivity index (χ1) is 23.7. The summed E-state index contributed by atoms with van der Waals surface area (Å²) in [5, 5.41) is 0. The summed E-state index contributed by atoms with van der Waals surface area (Å²) in [7, 11) is 1.73. The van der Waals surface area contributed by atoms with Gasteiger partial charge in [-0.05, 0) is 35.1 Å². The van der Waals surface area contributed by atoms with Crippen molar-refractivity contribution in [2.45, 2.75) is 95.0 Å². The second-order valence-corrected chi connectivity index (χ2v) is 12.6. The van der Waals surface area contributed by atoms with Crippen LogP contribution in [-0.4, -0.2) is 50.2 Å². The molecule has 0 bridgehead atoms. The molecule has 0 unspecified atom stereocenters. The van der Waals surface area contributed by atoms with Crippen molar-refractivity contribution in [1.82, 2.24) is 0 Å². The first kappa shape index (κ1) is 34.5. The van der Waals surface area contributed by atoms with Crippen molar-refractivity contribution in [3.63, 3.8) is 0 Å². The lowest BCUT2D eigenvalue weighted by atomic mass is 9.93. The molecule has 1 aliphatic heterocycles. The highest BCUT2D eigenvalue weighted by atomic mass is 16.8. The quantitative estimate of drug-likeness (QED) is 0.114. The van der Waals surface area contributed by atoms with E-state index >= 15 is 0 Å². The fourth-order valence-corrected chi connectivity index (χ4v) is 6.51. The number of ether oxygens (including phenoxy) is 7. The third-order valence-electron chi connectivity index (χ3n) is 9.16. The van der Waals surface area contributed by atoms with Crippen LogP contribution in [0.2, 0.25) is 0 Å². The lowest BCUT2D eigenvalue weighted by Gasteiger charge is -2.48. The van der Waals surface area contributed by atoms with Crippen molar-refractivity contribution >= 4 is 0 Å². The summed E-state index contributed by atoms with van der Waals surface area (Å²) in [5.41, 5.74) is 4.25. The summed E-state index contributed by atoms with van der Waals surface area (Å²) in [6.07, 6.45) is 1.81. The van der Waals surface area contributed by atoms with Crippen molar-refractivity contribution in [1.29, 1.82) is 0 Å². The van der Waals surface area contributed by atoms with Crippen LogP contribution in [0.4, 0.5) is 0 Å². The monoisotopic (exact) mass is 652 g/mol.